The number of H-pyrrole nitrogens is 1. The van der Waals surface area contributed by atoms with Crippen LogP contribution in [-0.4, -0.2) is 26.2 Å². The molecule has 0 spiro atoms. The predicted molar refractivity (Wildman–Crippen MR) is 111 cm³/mol. The van der Waals surface area contributed by atoms with Gasteiger partial charge in [0.1, 0.15) is 18.0 Å². The standard InChI is InChI=1S/C19H15ClFN5OS/c1-28-19-16(25-17-13-8-22-5-4-15(13)23-9-24-17)7-12(18(27)26-19)11-6-10(20)2-3-14(11)21/h4-9H,2-3H2,1H3,(H,26,27)(H,23,24,25). The van der Waals surface area contributed by atoms with Gasteiger partial charge < -0.3 is 10.3 Å². The summed E-state index contributed by atoms with van der Waals surface area (Å²) in [6.07, 6.45) is 8.72. The van der Waals surface area contributed by atoms with Gasteiger partial charge in [0.15, 0.2) is 0 Å². The molecule has 4 rings (SSSR count). The van der Waals surface area contributed by atoms with Crippen molar-refractivity contribution in [3.05, 3.63) is 63.7 Å². The van der Waals surface area contributed by atoms with Gasteiger partial charge in [-0.2, -0.15) is 0 Å². The van der Waals surface area contributed by atoms with E-state index in [1.807, 2.05) is 6.26 Å². The van der Waals surface area contributed by atoms with Crippen LogP contribution in [0.25, 0.3) is 16.5 Å². The summed E-state index contributed by atoms with van der Waals surface area (Å²) < 4.78 is 14.4. The third-order valence-corrected chi connectivity index (χ3v) is 5.39. The Morgan fingerprint density at radius 1 is 1.32 bits per heavy atom. The molecule has 3 heterocycles. The lowest BCUT2D eigenvalue weighted by atomic mass is 9.99. The number of thioether (sulfide) groups is 1. The molecule has 28 heavy (non-hydrogen) atoms. The van der Waals surface area contributed by atoms with Crippen molar-refractivity contribution >= 4 is 51.3 Å². The molecule has 0 unspecified atom stereocenters. The van der Waals surface area contributed by atoms with Crippen LogP contribution >= 0.6 is 23.4 Å². The van der Waals surface area contributed by atoms with E-state index in [0.29, 0.717) is 28.0 Å². The Bertz CT molecular complexity index is 1190. The fourth-order valence-corrected chi connectivity index (χ4v) is 3.72. The third-order valence-electron chi connectivity index (χ3n) is 4.37. The lowest BCUT2D eigenvalue weighted by molar-refractivity contribution is 0.590. The van der Waals surface area contributed by atoms with Gasteiger partial charge in [0, 0.05) is 29.4 Å². The summed E-state index contributed by atoms with van der Waals surface area (Å²) in [4.78, 5) is 28.0. The Hall–Kier alpha value is -2.71. The second-order valence-corrected chi connectivity index (χ2v) is 7.41. The number of aromatic nitrogens is 4. The lowest BCUT2D eigenvalue weighted by Gasteiger charge is -2.15. The van der Waals surface area contributed by atoms with Crippen LogP contribution in [0.2, 0.25) is 0 Å². The lowest BCUT2D eigenvalue weighted by Crippen LogP contribution is -2.15. The van der Waals surface area contributed by atoms with Crippen molar-refractivity contribution in [3.8, 4) is 0 Å². The Kier molecular flexibility index (Phi) is 5.15. The Morgan fingerprint density at radius 2 is 2.18 bits per heavy atom. The Labute approximate surface area is 169 Å². The molecule has 1 aliphatic carbocycles. The van der Waals surface area contributed by atoms with Crippen molar-refractivity contribution in [2.24, 2.45) is 0 Å². The van der Waals surface area contributed by atoms with Gasteiger partial charge in [0.25, 0.3) is 5.56 Å². The first-order valence-electron chi connectivity index (χ1n) is 8.45. The number of anilines is 2. The maximum atomic E-state index is 14.4. The highest BCUT2D eigenvalue weighted by atomic mass is 35.5. The first-order valence-corrected chi connectivity index (χ1v) is 10.0. The second-order valence-electron chi connectivity index (χ2n) is 6.11. The van der Waals surface area contributed by atoms with Gasteiger partial charge >= 0.3 is 0 Å². The van der Waals surface area contributed by atoms with E-state index in [1.165, 1.54) is 24.2 Å². The molecule has 0 atom stereocenters. The molecule has 3 aromatic rings. The SMILES string of the molecule is CSc1[nH]c(=O)c(C2=C(F)CCC(Cl)=C2)cc1Nc1ncnc2ccncc12. The minimum absolute atomic E-state index is 0.180. The normalized spacial score (nSPS) is 14.3. The minimum Gasteiger partial charge on any atom is -0.337 e. The summed E-state index contributed by atoms with van der Waals surface area (Å²) in [6.45, 7) is 0. The van der Waals surface area contributed by atoms with E-state index < -0.39 is 0 Å². The average Bonchev–Trinajstić information content (AvgIpc) is 2.71. The summed E-state index contributed by atoms with van der Waals surface area (Å²) in [5, 5.41) is 5.08. The van der Waals surface area contributed by atoms with E-state index in [4.69, 9.17) is 11.6 Å². The van der Waals surface area contributed by atoms with Crippen molar-refractivity contribution < 1.29 is 4.39 Å². The van der Waals surface area contributed by atoms with Gasteiger partial charge in [0.2, 0.25) is 0 Å². The summed E-state index contributed by atoms with van der Waals surface area (Å²) >= 11 is 7.44. The second kappa shape index (κ2) is 7.73. The van der Waals surface area contributed by atoms with Crippen molar-refractivity contribution in [2.75, 3.05) is 11.6 Å². The zero-order chi connectivity index (χ0) is 19.7. The molecule has 0 amide bonds. The first-order chi connectivity index (χ1) is 13.6. The number of nitrogens with zero attached hydrogens (tertiary/aromatic N) is 3. The molecule has 142 valence electrons. The topological polar surface area (TPSA) is 83.6 Å². The van der Waals surface area contributed by atoms with Crippen LogP contribution in [0.15, 0.2) is 57.6 Å². The van der Waals surface area contributed by atoms with Crippen molar-refractivity contribution in [1.29, 1.82) is 0 Å². The highest BCUT2D eigenvalue weighted by molar-refractivity contribution is 7.98. The number of hydrogen-bond donors (Lipinski definition) is 2. The van der Waals surface area contributed by atoms with Crippen molar-refractivity contribution in [1.82, 2.24) is 19.9 Å². The van der Waals surface area contributed by atoms with E-state index in [-0.39, 0.29) is 28.9 Å². The number of aromatic amines is 1. The fraction of sp³-hybridized carbons (Fsp3) is 0.158. The van der Waals surface area contributed by atoms with Crippen molar-refractivity contribution in [2.45, 2.75) is 17.9 Å². The fourth-order valence-electron chi connectivity index (χ4n) is 2.99. The molecule has 1 aliphatic rings. The predicted octanol–water partition coefficient (Wildman–Crippen LogP) is 4.78. The van der Waals surface area contributed by atoms with Crippen molar-refractivity contribution in [3.63, 3.8) is 0 Å². The number of rotatable bonds is 4. The molecular weight excluding hydrogens is 401 g/mol. The molecule has 0 aliphatic heterocycles. The molecule has 0 saturated carbocycles. The van der Waals surface area contributed by atoms with Crippen LogP contribution in [0.3, 0.4) is 0 Å². The zero-order valence-electron chi connectivity index (χ0n) is 14.8. The van der Waals surface area contributed by atoms with Gasteiger partial charge in [-0.1, -0.05) is 11.6 Å². The molecule has 3 aromatic heterocycles. The van der Waals surface area contributed by atoms with E-state index in [1.54, 1.807) is 24.5 Å². The summed E-state index contributed by atoms with van der Waals surface area (Å²) in [7, 11) is 0. The molecule has 0 aromatic carbocycles. The number of fused-ring (bicyclic) bond motifs is 1. The third kappa shape index (κ3) is 3.53. The van der Waals surface area contributed by atoms with Gasteiger partial charge in [-0.05, 0) is 30.9 Å². The molecule has 0 fully saturated rings. The number of nitrogens with one attached hydrogen (secondary N) is 2. The molecule has 0 bridgehead atoms. The van der Waals surface area contributed by atoms with Crippen LogP contribution in [-0.2, 0) is 0 Å². The smallest absolute Gasteiger partial charge is 0.256 e. The van der Waals surface area contributed by atoms with Crippen LogP contribution < -0.4 is 10.9 Å². The summed E-state index contributed by atoms with van der Waals surface area (Å²) in [5.41, 5.74) is 1.38. The average molecular weight is 416 g/mol. The Morgan fingerprint density at radius 3 is 3.00 bits per heavy atom. The van der Waals surface area contributed by atoms with E-state index in [0.717, 1.165) is 10.9 Å². The van der Waals surface area contributed by atoms with Gasteiger partial charge in [-0.25, -0.2) is 14.4 Å². The quantitative estimate of drug-likeness (QED) is 0.597. The maximum absolute atomic E-state index is 14.4. The molecular formula is C19H15ClFN5OS. The van der Waals surface area contributed by atoms with E-state index >= 15 is 0 Å². The van der Waals surface area contributed by atoms with Gasteiger partial charge in [0.05, 0.1) is 27.2 Å². The Balaban J connectivity index is 1.84. The van der Waals surface area contributed by atoms with Crippen LogP contribution in [0.1, 0.15) is 18.4 Å². The number of hydrogen-bond acceptors (Lipinski definition) is 6. The van der Waals surface area contributed by atoms with Crippen LogP contribution in [0.5, 0.6) is 0 Å². The largest absolute Gasteiger partial charge is 0.337 e. The number of halogens is 2. The minimum atomic E-state index is -0.378. The molecule has 9 heteroatoms. The number of allylic oxidation sites excluding steroid dienone is 4. The maximum Gasteiger partial charge on any atom is 0.256 e. The van der Waals surface area contributed by atoms with Gasteiger partial charge in [-0.15, -0.1) is 11.8 Å². The summed E-state index contributed by atoms with van der Waals surface area (Å²) in [6, 6.07) is 3.40. The zero-order valence-corrected chi connectivity index (χ0v) is 16.4. The first kappa shape index (κ1) is 18.6. The van der Waals surface area contributed by atoms with E-state index in [9.17, 15) is 9.18 Å². The molecule has 0 radical (unpaired) electrons. The van der Waals surface area contributed by atoms with E-state index in [2.05, 4.69) is 25.3 Å². The molecule has 0 saturated heterocycles. The van der Waals surface area contributed by atoms with Crippen LogP contribution in [0.4, 0.5) is 15.9 Å². The summed E-state index contributed by atoms with van der Waals surface area (Å²) in [5.74, 6) is 0.188. The van der Waals surface area contributed by atoms with Crippen LogP contribution in [0, 0.1) is 0 Å². The highest BCUT2D eigenvalue weighted by Crippen LogP contribution is 2.34. The number of pyridine rings is 2. The monoisotopic (exact) mass is 415 g/mol. The highest BCUT2D eigenvalue weighted by Gasteiger charge is 2.19. The molecule has 6 nitrogen and oxygen atoms in total. The molecule has 2 N–H and O–H groups in total. The van der Waals surface area contributed by atoms with Gasteiger partial charge in [-0.3, -0.25) is 9.78 Å².